The molecule has 0 saturated heterocycles. The van der Waals surface area contributed by atoms with E-state index in [0.717, 1.165) is 33.8 Å². The van der Waals surface area contributed by atoms with Crippen molar-refractivity contribution in [3.63, 3.8) is 0 Å². The van der Waals surface area contributed by atoms with Crippen LogP contribution in [-0.2, 0) is 6.54 Å². The Balaban J connectivity index is 0.00000210. The number of imidazole rings is 1. The van der Waals surface area contributed by atoms with E-state index < -0.39 is 0 Å². The van der Waals surface area contributed by atoms with Crippen LogP contribution in [0.2, 0.25) is 5.02 Å². The number of hydrogen-bond donors (Lipinski definition) is 3. The van der Waals surface area contributed by atoms with Gasteiger partial charge in [-0.3, -0.25) is 0 Å². The molecule has 0 atom stereocenters. The average molecular weight is 406 g/mol. The zero-order chi connectivity index (χ0) is 18.1. The van der Waals surface area contributed by atoms with Gasteiger partial charge in [0.15, 0.2) is 0 Å². The lowest BCUT2D eigenvalue weighted by atomic mass is 10.2. The van der Waals surface area contributed by atoms with Crippen molar-refractivity contribution < 1.29 is 9.15 Å². The molecule has 0 aliphatic carbocycles. The number of rotatable bonds is 5. The molecule has 0 aliphatic heterocycles. The predicted octanol–water partition coefficient (Wildman–Crippen LogP) is 4.81. The number of H-pyrrole nitrogens is 2. The minimum absolute atomic E-state index is 0. The SMILES string of the molecule is COc1ccc(-c2ccc(CNc3ccc4[nH]c(=O)[nH]c4c3)o2)cc1Cl.Cl. The number of aromatic amines is 2. The number of aromatic nitrogens is 2. The summed E-state index contributed by atoms with van der Waals surface area (Å²) >= 11 is 6.17. The summed E-state index contributed by atoms with van der Waals surface area (Å²) in [5.41, 5.74) is 3.09. The van der Waals surface area contributed by atoms with Crippen LogP contribution < -0.4 is 15.7 Å². The van der Waals surface area contributed by atoms with Crippen LogP contribution in [0.15, 0.2) is 57.7 Å². The number of halogens is 2. The van der Waals surface area contributed by atoms with Crippen molar-refractivity contribution in [3.8, 4) is 17.1 Å². The van der Waals surface area contributed by atoms with E-state index in [1.165, 1.54) is 0 Å². The molecule has 3 N–H and O–H groups in total. The zero-order valence-corrected chi connectivity index (χ0v) is 15.9. The molecule has 4 aromatic rings. The second kappa shape index (κ2) is 7.82. The van der Waals surface area contributed by atoms with Crippen LogP contribution in [-0.4, -0.2) is 17.1 Å². The van der Waals surface area contributed by atoms with Crippen molar-refractivity contribution in [1.29, 1.82) is 0 Å². The first-order chi connectivity index (χ1) is 12.6. The summed E-state index contributed by atoms with van der Waals surface area (Å²) in [6, 6.07) is 15.0. The lowest BCUT2D eigenvalue weighted by Crippen LogP contribution is -1.99. The van der Waals surface area contributed by atoms with Crippen molar-refractivity contribution in [2.75, 3.05) is 12.4 Å². The molecule has 0 saturated carbocycles. The van der Waals surface area contributed by atoms with Crippen molar-refractivity contribution in [2.24, 2.45) is 0 Å². The molecule has 2 heterocycles. The number of nitrogens with one attached hydrogen (secondary N) is 3. The Bertz CT molecular complexity index is 1130. The molecule has 140 valence electrons. The highest BCUT2D eigenvalue weighted by atomic mass is 35.5. The fourth-order valence-electron chi connectivity index (χ4n) is 2.78. The van der Waals surface area contributed by atoms with E-state index in [0.29, 0.717) is 17.3 Å². The van der Waals surface area contributed by atoms with Crippen LogP contribution in [0, 0.1) is 0 Å². The van der Waals surface area contributed by atoms with Gasteiger partial charge in [0.1, 0.15) is 17.3 Å². The molecule has 27 heavy (non-hydrogen) atoms. The summed E-state index contributed by atoms with van der Waals surface area (Å²) in [7, 11) is 1.58. The van der Waals surface area contributed by atoms with Crippen LogP contribution in [0.25, 0.3) is 22.4 Å². The summed E-state index contributed by atoms with van der Waals surface area (Å²) in [5.74, 6) is 2.15. The van der Waals surface area contributed by atoms with Gasteiger partial charge in [-0.2, -0.15) is 0 Å². The Morgan fingerprint density at radius 3 is 2.67 bits per heavy atom. The molecule has 8 heteroatoms. The third-order valence-electron chi connectivity index (χ3n) is 4.08. The van der Waals surface area contributed by atoms with Gasteiger partial charge in [0.2, 0.25) is 0 Å². The number of fused-ring (bicyclic) bond motifs is 1. The monoisotopic (exact) mass is 405 g/mol. The van der Waals surface area contributed by atoms with Gasteiger partial charge < -0.3 is 24.4 Å². The lowest BCUT2D eigenvalue weighted by molar-refractivity contribution is 0.415. The first-order valence-corrected chi connectivity index (χ1v) is 8.39. The van der Waals surface area contributed by atoms with E-state index in [4.69, 9.17) is 20.8 Å². The molecule has 0 aliphatic rings. The van der Waals surface area contributed by atoms with E-state index in [9.17, 15) is 4.79 Å². The number of hydrogen-bond acceptors (Lipinski definition) is 4. The second-order valence-electron chi connectivity index (χ2n) is 5.81. The Labute approximate surface area is 165 Å². The van der Waals surface area contributed by atoms with Gasteiger partial charge in [-0.25, -0.2) is 4.79 Å². The van der Waals surface area contributed by atoms with Gasteiger partial charge in [0, 0.05) is 11.3 Å². The van der Waals surface area contributed by atoms with Crippen LogP contribution >= 0.6 is 24.0 Å². The molecule has 4 rings (SSSR count). The number of anilines is 1. The molecule has 0 unspecified atom stereocenters. The lowest BCUT2D eigenvalue weighted by Gasteiger charge is -2.05. The topological polar surface area (TPSA) is 83.0 Å². The van der Waals surface area contributed by atoms with Crippen molar-refractivity contribution in [1.82, 2.24) is 9.97 Å². The molecule has 6 nitrogen and oxygen atoms in total. The number of methoxy groups -OCH3 is 1. The second-order valence-corrected chi connectivity index (χ2v) is 6.22. The Kier molecular flexibility index (Phi) is 5.48. The molecular weight excluding hydrogens is 389 g/mol. The molecule has 0 fully saturated rings. The van der Waals surface area contributed by atoms with Crippen molar-refractivity contribution in [2.45, 2.75) is 6.54 Å². The summed E-state index contributed by atoms with van der Waals surface area (Å²) < 4.78 is 11.0. The molecular formula is C19H17Cl2N3O3. The van der Waals surface area contributed by atoms with Gasteiger partial charge in [-0.1, -0.05) is 11.6 Å². The first-order valence-electron chi connectivity index (χ1n) is 8.01. The van der Waals surface area contributed by atoms with Gasteiger partial charge in [0.25, 0.3) is 0 Å². The number of ether oxygens (including phenoxy) is 1. The van der Waals surface area contributed by atoms with Crippen molar-refractivity contribution >= 4 is 40.7 Å². The standard InChI is InChI=1S/C19H16ClN3O3.ClH/c1-25-18-6-2-11(8-14(18)20)17-7-4-13(26-17)10-21-12-3-5-15-16(9-12)23-19(24)22-15;/h2-9,21H,10H2,1H3,(H2,22,23,24);1H. The van der Waals surface area contributed by atoms with E-state index >= 15 is 0 Å². The maximum Gasteiger partial charge on any atom is 0.323 e. The highest BCUT2D eigenvalue weighted by Crippen LogP contribution is 2.31. The summed E-state index contributed by atoms with van der Waals surface area (Å²) in [6.07, 6.45) is 0. The molecule has 0 amide bonds. The Hall–Kier alpha value is -2.83. The van der Waals surface area contributed by atoms with E-state index in [1.54, 1.807) is 7.11 Å². The highest BCUT2D eigenvalue weighted by molar-refractivity contribution is 6.32. The normalized spacial score (nSPS) is 10.6. The fourth-order valence-corrected chi connectivity index (χ4v) is 3.04. The van der Waals surface area contributed by atoms with Gasteiger partial charge in [0.05, 0.1) is 29.7 Å². The number of benzene rings is 2. The Morgan fingerprint density at radius 2 is 1.89 bits per heavy atom. The fraction of sp³-hybridized carbons (Fsp3) is 0.105. The van der Waals surface area contributed by atoms with E-state index in [1.807, 2.05) is 48.5 Å². The molecule has 0 spiro atoms. The molecule has 0 bridgehead atoms. The van der Waals surface area contributed by atoms with E-state index in [-0.39, 0.29) is 18.1 Å². The predicted molar refractivity (Wildman–Crippen MR) is 109 cm³/mol. The minimum Gasteiger partial charge on any atom is -0.495 e. The van der Waals surface area contributed by atoms with Gasteiger partial charge in [-0.15, -0.1) is 12.4 Å². The number of furan rings is 1. The largest absolute Gasteiger partial charge is 0.495 e. The average Bonchev–Trinajstić information content (AvgIpc) is 3.25. The third kappa shape index (κ3) is 3.97. The minimum atomic E-state index is -0.217. The van der Waals surface area contributed by atoms with Gasteiger partial charge >= 0.3 is 5.69 Å². The maximum atomic E-state index is 11.3. The summed E-state index contributed by atoms with van der Waals surface area (Å²) in [4.78, 5) is 16.8. The zero-order valence-electron chi connectivity index (χ0n) is 14.3. The molecule has 2 aromatic carbocycles. The summed E-state index contributed by atoms with van der Waals surface area (Å²) in [5, 5.41) is 3.82. The Morgan fingerprint density at radius 1 is 1.07 bits per heavy atom. The summed E-state index contributed by atoms with van der Waals surface area (Å²) in [6.45, 7) is 0.518. The van der Waals surface area contributed by atoms with Gasteiger partial charge in [-0.05, 0) is 48.5 Å². The van der Waals surface area contributed by atoms with E-state index in [2.05, 4.69) is 15.3 Å². The first kappa shape index (κ1) is 18.9. The maximum absolute atomic E-state index is 11.3. The van der Waals surface area contributed by atoms with Crippen LogP contribution in [0.4, 0.5) is 5.69 Å². The van der Waals surface area contributed by atoms with Crippen LogP contribution in [0.5, 0.6) is 5.75 Å². The quantitative estimate of drug-likeness (QED) is 0.444. The van der Waals surface area contributed by atoms with Crippen molar-refractivity contribution in [3.05, 3.63) is 69.8 Å². The molecule has 0 radical (unpaired) electrons. The van der Waals surface area contributed by atoms with Crippen LogP contribution in [0.1, 0.15) is 5.76 Å². The third-order valence-corrected chi connectivity index (χ3v) is 4.38. The highest BCUT2D eigenvalue weighted by Gasteiger charge is 2.08. The van der Waals surface area contributed by atoms with Crippen LogP contribution in [0.3, 0.4) is 0 Å². The molecule has 2 aromatic heterocycles. The smallest absolute Gasteiger partial charge is 0.323 e.